The molecule has 4 nitrogen and oxygen atoms in total. The van der Waals surface area contributed by atoms with Crippen LogP contribution in [-0.4, -0.2) is 19.1 Å². The van der Waals surface area contributed by atoms with Crippen molar-refractivity contribution in [2.45, 2.75) is 30.4 Å². The Morgan fingerprint density at radius 2 is 2.21 bits per heavy atom. The van der Waals surface area contributed by atoms with E-state index in [1.807, 2.05) is 30.4 Å². The molecule has 3 rings (SSSR count). The van der Waals surface area contributed by atoms with Gasteiger partial charge in [-0.3, -0.25) is 4.79 Å². The molecule has 5 heteroatoms. The van der Waals surface area contributed by atoms with Gasteiger partial charge in [0.25, 0.3) is 11.7 Å². The van der Waals surface area contributed by atoms with Crippen molar-refractivity contribution in [3.05, 3.63) is 59.6 Å². The second kappa shape index (κ2) is 7.38. The molecule has 1 fully saturated rings. The minimum Gasteiger partial charge on any atom is -0.338 e. The summed E-state index contributed by atoms with van der Waals surface area (Å²) in [5.41, 5.74) is 1.52. The van der Waals surface area contributed by atoms with Gasteiger partial charge in [-0.15, -0.1) is 0 Å². The SMILES string of the molecule is C=C/C=C\C(=C/CC)Sc1ccc2c(c1)C1(OCCCO1)C(=O)N2. The molecule has 1 aromatic carbocycles. The summed E-state index contributed by atoms with van der Waals surface area (Å²) in [4.78, 5) is 14.6. The number of rotatable bonds is 5. The summed E-state index contributed by atoms with van der Waals surface area (Å²) in [6.07, 6.45) is 9.61. The van der Waals surface area contributed by atoms with E-state index in [4.69, 9.17) is 9.47 Å². The Balaban J connectivity index is 1.91. The molecule has 24 heavy (non-hydrogen) atoms. The Labute approximate surface area is 146 Å². The van der Waals surface area contributed by atoms with Gasteiger partial charge in [0.05, 0.1) is 18.9 Å². The molecule has 1 aromatic rings. The highest BCUT2D eigenvalue weighted by Crippen LogP contribution is 2.44. The van der Waals surface area contributed by atoms with E-state index < -0.39 is 5.79 Å². The zero-order chi connectivity index (χ0) is 17.0. The van der Waals surface area contributed by atoms with E-state index in [1.54, 1.807) is 17.8 Å². The summed E-state index contributed by atoms with van der Waals surface area (Å²) >= 11 is 1.64. The molecule has 1 spiro atoms. The van der Waals surface area contributed by atoms with Crippen molar-refractivity contribution >= 4 is 23.4 Å². The number of hydrogen-bond acceptors (Lipinski definition) is 4. The molecule has 0 unspecified atom stereocenters. The first kappa shape index (κ1) is 17.0. The fourth-order valence-electron chi connectivity index (χ4n) is 2.76. The highest BCUT2D eigenvalue weighted by molar-refractivity contribution is 8.03. The van der Waals surface area contributed by atoms with Crippen LogP contribution in [0.15, 0.2) is 58.9 Å². The maximum absolute atomic E-state index is 12.4. The molecule has 2 aliphatic rings. The van der Waals surface area contributed by atoms with E-state index in [0.29, 0.717) is 13.2 Å². The first-order valence-corrected chi connectivity index (χ1v) is 8.92. The number of thioether (sulfide) groups is 1. The average Bonchev–Trinajstić information content (AvgIpc) is 2.85. The van der Waals surface area contributed by atoms with E-state index >= 15 is 0 Å². The molecule has 0 saturated carbocycles. The van der Waals surface area contributed by atoms with Gasteiger partial charge >= 0.3 is 0 Å². The minimum absolute atomic E-state index is 0.241. The van der Waals surface area contributed by atoms with Crippen molar-refractivity contribution in [3.63, 3.8) is 0 Å². The normalized spacial score (nSPS) is 19.5. The molecule has 1 saturated heterocycles. The van der Waals surface area contributed by atoms with Crippen molar-refractivity contribution in [2.24, 2.45) is 0 Å². The number of hydrogen-bond donors (Lipinski definition) is 1. The first-order chi connectivity index (χ1) is 11.7. The van der Waals surface area contributed by atoms with Gasteiger partial charge in [0.1, 0.15) is 0 Å². The third-order valence-electron chi connectivity index (χ3n) is 3.83. The fourth-order valence-corrected chi connectivity index (χ4v) is 3.74. The number of ether oxygens (including phenoxy) is 2. The van der Waals surface area contributed by atoms with E-state index in [9.17, 15) is 4.79 Å². The topological polar surface area (TPSA) is 47.6 Å². The van der Waals surface area contributed by atoms with Gasteiger partial charge in [-0.1, -0.05) is 43.5 Å². The maximum Gasteiger partial charge on any atom is 0.289 e. The van der Waals surface area contributed by atoms with Crippen LogP contribution in [0.25, 0.3) is 0 Å². The maximum atomic E-state index is 12.4. The molecule has 0 aliphatic carbocycles. The van der Waals surface area contributed by atoms with Gasteiger partial charge in [0.2, 0.25) is 0 Å². The summed E-state index contributed by atoms with van der Waals surface area (Å²) in [5.74, 6) is -1.52. The molecule has 126 valence electrons. The van der Waals surface area contributed by atoms with Crippen molar-refractivity contribution < 1.29 is 14.3 Å². The van der Waals surface area contributed by atoms with E-state index in [2.05, 4.69) is 24.9 Å². The second-order valence-electron chi connectivity index (χ2n) is 5.54. The third-order valence-corrected chi connectivity index (χ3v) is 4.86. The van der Waals surface area contributed by atoms with Gasteiger partial charge in [0, 0.05) is 15.4 Å². The predicted octanol–water partition coefficient (Wildman–Crippen LogP) is 4.36. The number of fused-ring (bicyclic) bond motifs is 2. The standard InChI is InChI=1S/C19H21NO3S/c1-3-5-8-14(7-4-2)24-15-9-10-17-16(13-15)19(18(21)20-17)22-11-6-12-23-19/h3,5,7-10,13H,1,4,6,11-12H2,2H3,(H,20,21)/b8-5-,14-7+. The molecule has 0 radical (unpaired) electrons. The van der Waals surface area contributed by atoms with Crippen LogP contribution in [0, 0.1) is 0 Å². The lowest BCUT2D eigenvalue weighted by Gasteiger charge is -2.31. The average molecular weight is 343 g/mol. The quantitative estimate of drug-likeness (QED) is 0.637. The molecule has 0 atom stereocenters. The van der Waals surface area contributed by atoms with Crippen LogP contribution in [0.2, 0.25) is 0 Å². The monoisotopic (exact) mass is 343 g/mol. The summed E-state index contributed by atoms with van der Waals surface area (Å²) in [5, 5.41) is 2.86. The molecule has 0 bridgehead atoms. The van der Waals surface area contributed by atoms with Gasteiger partial charge in [-0.2, -0.15) is 0 Å². The number of carbonyl (C=O) groups is 1. The highest BCUT2D eigenvalue weighted by Gasteiger charge is 2.51. The first-order valence-electron chi connectivity index (χ1n) is 8.10. The van der Waals surface area contributed by atoms with Gasteiger partial charge < -0.3 is 14.8 Å². The van der Waals surface area contributed by atoms with Crippen LogP contribution in [0.4, 0.5) is 5.69 Å². The van der Waals surface area contributed by atoms with Gasteiger partial charge in [0.15, 0.2) is 0 Å². The summed E-state index contributed by atoms with van der Waals surface area (Å²) in [7, 11) is 0. The predicted molar refractivity (Wildman–Crippen MR) is 96.8 cm³/mol. The summed E-state index contributed by atoms with van der Waals surface area (Å²) < 4.78 is 11.5. The fraction of sp³-hybridized carbons (Fsp3) is 0.316. The Bertz CT molecular complexity index is 703. The van der Waals surface area contributed by atoms with E-state index in [-0.39, 0.29) is 5.91 Å². The van der Waals surface area contributed by atoms with Crippen LogP contribution >= 0.6 is 11.8 Å². The molecule has 1 N–H and O–H groups in total. The second-order valence-corrected chi connectivity index (χ2v) is 6.69. The zero-order valence-electron chi connectivity index (χ0n) is 13.7. The smallest absolute Gasteiger partial charge is 0.289 e. The van der Waals surface area contributed by atoms with Crippen LogP contribution in [0.1, 0.15) is 25.3 Å². The lowest BCUT2D eigenvalue weighted by Crippen LogP contribution is -2.43. The van der Waals surface area contributed by atoms with Gasteiger partial charge in [-0.25, -0.2) is 0 Å². The molecular formula is C19H21NO3S. The lowest BCUT2D eigenvalue weighted by molar-refractivity contribution is -0.255. The number of allylic oxidation sites excluding steroid dienone is 4. The Hall–Kier alpha value is -1.82. The van der Waals surface area contributed by atoms with Gasteiger partial charge in [-0.05, 0) is 37.1 Å². The minimum atomic E-state index is -1.28. The molecule has 2 heterocycles. The summed E-state index contributed by atoms with van der Waals surface area (Å²) in [6.45, 7) is 6.86. The van der Waals surface area contributed by atoms with Crippen LogP contribution in [-0.2, 0) is 20.1 Å². The zero-order valence-corrected chi connectivity index (χ0v) is 14.5. The number of amides is 1. The Morgan fingerprint density at radius 1 is 1.42 bits per heavy atom. The van der Waals surface area contributed by atoms with Crippen molar-refractivity contribution in [1.29, 1.82) is 0 Å². The molecular weight excluding hydrogens is 322 g/mol. The van der Waals surface area contributed by atoms with E-state index in [1.165, 1.54) is 0 Å². The highest BCUT2D eigenvalue weighted by atomic mass is 32.2. The van der Waals surface area contributed by atoms with Crippen LogP contribution < -0.4 is 5.32 Å². The number of nitrogens with one attached hydrogen (secondary N) is 1. The van der Waals surface area contributed by atoms with Crippen molar-refractivity contribution in [1.82, 2.24) is 0 Å². The number of anilines is 1. The van der Waals surface area contributed by atoms with E-state index in [0.717, 1.165) is 33.9 Å². The number of carbonyl (C=O) groups excluding carboxylic acids is 1. The third kappa shape index (κ3) is 3.20. The lowest BCUT2D eigenvalue weighted by atomic mass is 10.1. The Morgan fingerprint density at radius 3 is 2.92 bits per heavy atom. The molecule has 1 amide bonds. The number of benzene rings is 1. The van der Waals surface area contributed by atoms with Crippen LogP contribution in [0.5, 0.6) is 0 Å². The molecule has 0 aromatic heterocycles. The molecule has 2 aliphatic heterocycles. The van der Waals surface area contributed by atoms with Crippen LogP contribution in [0.3, 0.4) is 0 Å². The van der Waals surface area contributed by atoms with Crippen molar-refractivity contribution in [3.8, 4) is 0 Å². The summed E-state index contributed by atoms with van der Waals surface area (Å²) in [6, 6.07) is 5.89. The van der Waals surface area contributed by atoms with Crippen molar-refractivity contribution in [2.75, 3.05) is 18.5 Å². The Kier molecular flexibility index (Phi) is 5.23. The largest absolute Gasteiger partial charge is 0.338 e.